The first-order valence-electron chi connectivity index (χ1n) is 2.97. The van der Waals surface area contributed by atoms with Crippen molar-refractivity contribution < 1.29 is 4.39 Å². The molecule has 1 aromatic carbocycles. The Morgan fingerprint density at radius 3 is 2.90 bits per heavy atom. The second-order valence-corrected chi connectivity index (χ2v) is 1.98. The summed E-state index contributed by atoms with van der Waals surface area (Å²) in [5, 5.41) is 0. The van der Waals surface area contributed by atoms with E-state index in [0.29, 0.717) is 6.42 Å². The molecule has 49 valence electrons. The molecule has 0 fully saturated rings. The molecule has 0 heterocycles. The molecule has 1 heteroatoms. The number of hydrogen-bond donors (Lipinski definition) is 0. The highest BCUT2D eigenvalue weighted by Gasteiger charge is 1.90. The summed E-state index contributed by atoms with van der Waals surface area (Å²) in [7, 11) is 0. The van der Waals surface area contributed by atoms with E-state index in [-0.39, 0.29) is 5.82 Å². The third-order valence-corrected chi connectivity index (χ3v) is 1.18. The quantitative estimate of drug-likeness (QED) is 0.514. The topological polar surface area (TPSA) is 0 Å². The van der Waals surface area contributed by atoms with E-state index in [9.17, 15) is 4.39 Å². The van der Waals surface area contributed by atoms with Crippen LogP contribution in [0.5, 0.6) is 0 Å². The monoisotopic (exact) mass is 133 g/mol. The molecule has 0 amide bonds. The summed E-state index contributed by atoms with van der Waals surface area (Å²) in [5.74, 6) is 1.94. The van der Waals surface area contributed by atoms with Crippen molar-refractivity contribution in [2.45, 2.75) is 6.42 Å². The molecular formula is C9H6F. The molecular weight excluding hydrogens is 127 g/mol. The summed E-state index contributed by atoms with van der Waals surface area (Å²) in [5.41, 5.74) is 0.787. The van der Waals surface area contributed by atoms with Gasteiger partial charge in [-0.15, -0.1) is 0 Å². The fraction of sp³-hybridized carbons (Fsp3) is 0.111. The van der Waals surface area contributed by atoms with Crippen molar-refractivity contribution in [1.29, 1.82) is 0 Å². The number of benzene rings is 1. The maximum absolute atomic E-state index is 12.4. The average Bonchev–Trinajstić information content (AvgIpc) is 1.88. The molecule has 0 aromatic heterocycles. The second-order valence-electron chi connectivity index (χ2n) is 1.98. The fourth-order valence-electron chi connectivity index (χ4n) is 0.749. The van der Waals surface area contributed by atoms with E-state index in [1.165, 1.54) is 12.1 Å². The Balaban J connectivity index is 2.87. The maximum Gasteiger partial charge on any atom is 0.123 e. The van der Waals surface area contributed by atoms with Gasteiger partial charge in [-0.3, -0.25) is 0 Å². The molecule has 0 saturated heterocycles. The number of rotatable bonds is 1. The Morgan fingerprint density at radius 2 is 2.30 bits per heavy atom. The van der Waals surface area contributed by atoms with Gasteiger partial charge in [0.05, 0.1) is 0 Å². The van der Waals surface area contributed by atoms with Crippen molar-refractivity contribution in [2.75, 3.05) is 0 Å². The van der Waals surface area contributed by atoms with Gasteiger partial charge >= 0.3 is 0 Å². The van der Waals surface area contributed by atoms with Crippen molar-refractivity contribution in [3.8, 4) is 5.92 Å². The van der Waals surface area contributed by atoms with Gasteiger partial charge in [0.25, 0.3) is 0 Å². The Hall–Kier alpha value is -1.29. The van der Waals surface area contributed by atoms with Crippen LogP contribution in [-0.2, 0) is 6.42 Å². The maximum atomic E-state index is 12.4. The van der Waals surface area contributed by atoms with Gasteiger partial charge in [-0.05, 0) is 24.1 Å². The van der Waals surface area contributed by atoms with Gasteiger partial charge in [0, 0.05) is 6.42 Å². The van der Waals surface area contributed by atoms with Crippen LogP contribution in [0.4, 0.5) is 4.39 Å². The van der Waals surface area contributed by atoms with Crippen molar-refractivity contribution in [3.05, 3.63) is 42.1 Å². The predicted molar refractivity (Wildman–Crippen MR) is 37.2 cm³/mol. The Morgan fingerprint density at radius 1 is 1.50 bits per heavy atom. The summed E-state index contributed by atoms with van der Waals surface area (Å²) < 4.78 is 12.4. The molecule has 0 saturated carbocycles. The predicted octanol–water partition coefficient (Wildman–Crippen LogP) is 1.96. The standard InChI is InChI=1S/C9H6F/c1-2-4-8-5-3-6-9(10)7-8/h3,5-7H,4H2. The zero-order chi connectivity index (χ0) is 7.40. The van der Waals surface area contributed by atoms with E-state index in [1.807, 2.05) is 0 Å². The molecule has 0 aliphatic carbocycles. The van der Waals surface area contributed by atoms with Gasteiger partial charge in [0.15, 0.2) is 0 Å². The van der Waals surface area contributed by atoms with E-state index in [4.69, 9.17) is 6.42 Å². The second kappa shape index (κ2) is 3.03. The van der Waals surface area contributed by atoms with Crippen molar-refractivity contribution in [3.63, 3.8) is 0 Å². The lowest BCUT2D eigenvalue weighted by Crippen LogP contribution is -1.81. The molecule has 0 unspecified atom stereocenters. The molecule has 0 nitrogen and oxygen atoms in total. The summed E-state index contributed by atoms with van der Waals surface area (Å²) in [4.78, 5) is 0. The van der Waals surface area contributed by atoms with Crippen LogP contribution < -0.4 is 0 Å². The van der Waals surface area contributed by atoms with Crippen LogP contribution >= 0.6 is 0 Å². The van der Waals surface area contributed by atoms with Gasteiger partial charge in [0.1, 0.15) is 5.82 Å². The van der Waals surface area contributed by atoms with Crippen molar-refractivity contribution in [1.82, 2.24) is 0 Å². The molecule has 0 aliphatic heterocycles. The molecule has 0 atom stereocenters. The molecule has 1 rings (SSSR count). The van der Waals surface area contributed by atoms with Crippen LogP contribution in [0.15, 0.2) is 24.3 Å². The zero-order valence-corrected chi connectivity index (χ0v) is 5.39. The van der Waals surface area contributed by atoms with Crippen LogP contribution in [0.1, 0.15) is 5.56 Å². The Bertz CT molecular complexity index is 258. The van der Waals surface area contributed by atoms with Gasteiger partial charge in [0.2, 0.25) is 0 Å². The van der Waals surface area contributed by atoms with Gasteiger partial charge < -0.3 is 0 Å². The Kier molecular flexibility index (Phi) is 2.07. The third-order valence-electron chi connectivity index (χ3n) is 1.18. The van der Waals surface area contributed by atoms with Gasteiger partial charge in [-0.25, -0.2) is 4.39 Å². The van der Waals surface area contributed by atoms with Crippen molar-refractivity contribution in [2.24, 2.45) is 0 Å². The minimum atomic E-state index is -0.257. The lowest BCUT2D eigenvalue weighted by atomic mass is 10.2. The summed E-state index contributed by atoms with van der Waals surface area (Å²) >= 11 is 0. The van der Waals surface area contributed by atoms with E-state index < -0.39 is 0 Å². The summed E-state index contributed by atoms with van der Waals surface area (Å²) in [6, 6.07) is 6.18. The van der Waals surface area contributed by atoms with E-state index in [2.05, 4.69) is 5.92 Å². The minimum Gasteiger partial charge on any atom is -0.207 e. The largest absolute Gasteiger partial charge is 0.207 e. The van der Waals surface area contributed by atoms with Gasteiger partial charge in [-0.2, -0.15) is 0 Å². The molecule has 1 aromatic rings. The third kappa shape index (κ3) is 1.60. The first kappa shape index (κ1) is 6.82. The zero-order valence-electron chi connectivity index (χ0n) is 5.39. The fourth-order valence-corrected chi connectivity index (χ4v) is 0.749. The number of halogens is 1. The molecule has 0 spiro atoms. The SMILES string of the molecule is [C]#CCc1cccc(F)c1. The minimum absolute atomic E-state index is 0.257. The lowest BCUT2D eigenvalue weighted by molar-refractivity contribution is 0.626. The highest BCUT2D eigenvalue weighted by Crippen LogP contribution is 2.02. The Labute approximate surface area is 59.7 Å². The average molecular weight is 133 g/mol. The smallest absolute Gasteiger partial charge is 0.123 e. The van der Waals surface area contributed by atoms with E-state index in [1.54, 1.807) is 12.1 Å². The summed E-state index contributed by atoms with van der Waals surface area (Å²) in [6.07, 6.45) is 7.02. The van der Waals surface area contributed by atoms with Crippen LogP contribution in [0, 0.1) is 18.2 Å². The van der Waals surface area contributed by atoms with Crippen LogP contribution in [0.2, 0.25) is 0 Å². The van der Waals surface area contributed by atoms with Gasteiger partial charge in [-0.1, -0.05) is 18.1 Å². The normalized spacial score (nSPS) is 8.80. The van der Waals surface area contributed by atoms with E-state index >= 15 is 0 Å². The molecule has 0 bridgehead atoms. The van der Waals surface area contributed by atoms with Crippen molar-refractivity contribution >= 4 is 0 Å². The molecule has 0 N–H and O–H groups in total. The molecule has 0 aliphatic rings. The number of hydrogen-bond acceptors (Lipinski definition) is 0. The summed E-state index contributed by atoms with van der Waals surface area (Å²) in [6.45, 7) is 0. The first-order chi connectivity index (χ1) is 4.83. The highest BCUT2D eigenvalue weighted by molar-refractivity contribution is 5.19. The first-order valence-corrected chi connectivity index (χ1v) is 2.97. The van der Waals surface area contributed by atoms with Crippen LogP contribution in [-0.4, -0.2) is 0 Å². The molecule has 10 heavy (non-hydrogen) atoms. The molecule has 1 radical (unpaired) electrons. The lowest BCUT2D eigenvalue weighted by Gasteiger charge is -1.92. The van der Waals surface area contributed by atoms with E-state index in [0.717, 1.165) is 5.56 Å². The van der Waals surface area contributed by atoms with Crippen LogP contribution in [0.25, 0.3) is 0 Å². The highest BCUT2D eigenvalue weighted by atomic mass is 19.1. The van der Waals surface area contributed by atoms with Crippen LogP contribution in [0.3, 0.4) is 0 Å².